The van der Waals surface area contributed by atoms with Crippen LogP contribution in [0.25, 0.3) is 5.69 Å². The summed E-state index contributed by atoms with van der Waals surface area (Å²) in [5, 5.41) is 18.8. The Morgan fingerprint density at radius 3 is 2.48 bits per heavy atom. The molecule has 2 aromatic heterocycles. The van der Waals surface area contributed by atoms with Crippen LogP contribution in [0, 0.1) is 19.7 Å². The summed E-state index contributed by atoms with van der Waals surface area (Å²) in [6.45, 7) is 3.99. The van der Waals surface area contributed by atoms with Gasteiger partial charge in [0.05, 0.1) is 24.9 Å². The van der Waals surface area contributed by atoms with Gasteiger partial charge in [-0.3, -0.25) is 14.9 Å². The first-order valence-corrected chi connectivity index (χ1v) is 12.3. The first-order valence-electron chi connectivity index (χ1n) is 12.3. The van der Waals surface area contributed by atoms with Gasteiger partial charge in [0.15, 0.2) is 17.3 Å². The monoisotopic (exact) mass is 544 g/mol. The number of likely N-dealkylation sites (tertiary alicyclic amines) is 1. The number of β-amino-alcohol motifs (C(OH)–C–C–N with tert-alkyl or cyclic N) is 1. The fourth-order valence-corrected chi connectivity index (χ4v) is 3.97. The lowest BCUT2D eigenvalue weighted by atomic mass is 10.2. The van der Waals surface area contributed by atoms with Gasteiger partial charge in [-0.1, -0.05) is 17.7 Å². The number of aromatic nitrogens is 3. The van der Waals surface area contributed by atoms with E-state index in [4.69, 9.17) is 4.74 Å². The number of aryl methyl sites for hydroxylation is 2. The average molecular weight is 545 g/mol. The van der Waals surface area contributed by atoms with E-state index in [9.17, 15) is 23.9 Å². The van der Waals surface area contributed by atoms with Gasteiger partial charge in [0.2, 0.25) is 0 Å². The third-order valence-electron chi connectivity index (χ3n) is 6.15. The molecule has 0 atom stereocenters. The molecule has 1 aliphatic heterocycles. The van der Waals surface area contributed by atoms with Crippen molar-refractivity contribution in [3.05, 3.63) is 99.9 Å². The molecule has 0 unspecified atom stereocenters. The summed E-state index contributed by atoms with van der Waals surface area (Å²) in [6.07, 6.45) is 0.867. The third-order valence-corrected chi connectivity index (χ3v) is 6.15. The second-order valence-corrected chi connectivity index (χ2v) is 9.33. The maximum absolute atomic E-state index is 14.9. The van der Waals surface area contributed by atoms with E-state index in [0.717, 1.165) is 16.3 Å². The quantitative estimate of drug-likeness (QED) is 0.337. The highest BCUT2D eigenvalue weighted by atomic mass is 19.1. The number of aliphatic hydroxyl groups is 1. The van der Waals surface area contributed by atoms with Crippen LogP contribution >= 0.6 is 0 Å². The van der Waals surface area contributed by atoms with Crippen LogP contribution in [-0.2, 0) is 0 Å². The zero-order chi connectivity index (χ0) is 28.4. The first kappa shape index (κ1) is 26.5. The number of carbonyl (C=O) groups is 2. The van der Waals surface area contributed by atoms with Gasteiger partial charge in [-0.05, 0) is 49.7 Å². The molecule has 40 heavy (non-hydrogen) atoms. The van der Waals surface area contributed by atoms with Crippen molar-refractivity contribution in [1.82, 2.24) is 19.7 Å². The number of carbonyl (C=O) groups excluding carboxylic acids is 2. The topological polar surface area (TPSA) is 139 Å². The van der Waals surface area contributed by atoms with E-state index in [0.29, 0.717) is 11.3 Å². The van der Waals surface area contributed by atoms with Gasteiger partial charge < -0.3 is 20.1 Å². The van der Waals surface area contributed by atoms with Crippen molar-refractivity contribution in [2.45, 2.75) is 20.0 Å². The van der Waals surface area contributed by atoms with Crippen molar-refractivity contribution < 1.29 is 23.8 Å². The number of halogens is 1. The maximum Gasteiger partial charge on any atom is 0.323 e. The number of hydrogen-bond acceptors (Lipinski definition) is 7. The molecule has 3 N–H and O–H groups in total. The molecule has 0 aliphatic carbocycles. The minimum Gasteiger partial charge on any atom is -0.454 e. The standard InChI is InChI=1S/C28H25FN6O5/c1-16-3-6-19(7-4-16)35-25(37)11-17(2)26(33-35)27(38)31-18-5-8-23(22(29)12-18)40-21-9-10-30-24(13-21)32-28(39)34-14-20(36)15-34/h3-13,20,36H,14-15H2,1-2H3,(H,31,38)(H,30,32,39). The van der Waals surface area contributed by atoms with Gasteiger partial charge >= 0.3 is 6.03 Å². The van der Waals surface area contributed by atoms with E-state index in [2.05, 4.69) is 20.7 Å². The van der Waals surface area contributed by atoms with Gasteiger partial charge in [0.1, 0.15) is 11.6 Å². The molecule has 3 amide bonds. The number of hydrogen-bond donors (Lipinski definition) is 3. The lowest BCUT2D eigenvalue weighted by Gasteiger charge is -2.35. The predicted octanol–water partition coefficient (Wildman–Crippen LogP) is 3.64. The average Bonchev–Trinajstić information content (AvgIpc) is 2.89. The molecule has 2 aromatic carbocycles. The van der Waals surface area contributed by atoms with Crippen LogP contribution in [0.3, 0.4) is 0 Å². The van der Waals surface area contributed by atoms with Gasteiger partial charge in [-0.15, -0.1) is 0 Å². The molecule has 11 nitrogen and oxygen atoms in total. The molecule has 1 aliphatic rings. The molecule has 0 spiro atoms. The summed E-state index contributed by atoms with van der Waals surface area (Å²) in [5.74, 6) is -1.06. The van der Waals surface area contributed by atoms with Crippen molar-refractivity contribution >= 4 is 23.4 Å². The third kappa shape index (κ3) is 5.81. The van der Waals surface area contributed by atoms with Crippen LogP contribution in [0.4, 0.5) is 20.7 Å². The molecule has 3 heterocycles. The lowest BCUT2D eigenvalue weighted by Crippen LogP contribution is -2.54. The van der Waals surface area contributed by atoms with Gasteiger partial charge in [-0.2, -0.15) is 9.78 Å². The predicted molar refractivity (Wildman–Crippen MR) is 145 cm³/mol. The van der Waals surface area contributed by atoms with Crippen molar-refractivity contribution in [3.63, 3.8) is 0 Å². The number of pyridine rings is 1. The maximum atomic E-state index is 14.9. The lowest BCUT2D eigenvalue weighted by molar-refractivity contribution is 0.0308. The van der Waals surface area contributed by atoms with E-state index in [-0.39, 0.29) is 47.3 Å². The highest BCUT2D eigenvalue weighted by Gasteiger charge is 2.29. The van der Waals surface area contributed by atoms with Crippen molar-refractivity contribution in [3.8, 4) is 17.2 Å². The Bertz CT molecular complexity index is 1650. The summed E-state index contributed by atoms with van der Waals surface area (Å²) in [5.41, 5.74) is 1.68. The molecule has 1 fully saturated rings. The Hall–Kier alpha value is -5.10. The van der Waals surface area contributed by atoms with E-state index in [1.54, 1.807) is 19.1 Å². The second-order valence-electron chi connectivity index (χ2n) is 9.33. The van der Waals surface area contributed by atoms with Gasteiger partial charge in [-0.25, -0.2) is 14.2 Å². The SMILES string of the molecule is Cc1ccc(-n2nc(C(=O)Nc3ccc(Oc4ccnc(NC(=O)N5CC(O)C5)c4)c(F)c3)c(C)cc2=O)cc1. The molecule has 5 rings (SSSR count). The Labute approximate surface area is 227 Å². The molecule has 204 valence electrons. The zero-order valence-electron chi connectivity index (χ0n) is 21.6. The van der Waals surface area contributed by atoms with Crippen LogP contribution in [0.15, 0.2) is 71.7 Å². The molecular formula is C28H25FN6O5. The molecular weight excluding hydrogens is 519 g/mol. The number of nitrogens with zero attached hydrogens (tertiary/aromatic N) is 4. The largest absolute Gasteiger partial charge is 0.454 e. The molecule has 0 bridgehead atoms. The number of aliphatic hydroxyl groups excluding tert-OH is 1. The smallest absolute Gasteiger partial charge is 0.323 e. The number of benzene rings is 2. The zero-order valence-corrected chi connectivity index (χ0v) is 21.6. The molecule has 1 saturated heterocycles. The minimum atomic E-state index is -0.746. The van der Waals surface area contributed by atoms with Gasteiger partial charge in [0, 0.05) is 30.1 Å². The van der Waals surface area contributed by atoms with E-state index in [1.807, 2.05) is 19.1 Å². The molecule has 0 radical (unpaired) electrons. The van der Waals surface area contributed by atoms with Crippen molar-refractivity contribution in [2.24, 2.45) is 0 Å². The minimum absolute atomic E-state index is 0.0139. The van der Waals surface area contributed by atoms with Crippen molar-refractivity contribution in [1.29, 1.82) is 0 Å². The number of amides is 3. The normalized spacial score (nSPS) is 12.9. The fourth-order valence-electron chi connectivity index (χ4n) is 3.97. The summed E-state index contributed by atoms with van der Waals surface area (Å²) in [7, 11) is 0. The highest BCUT2D eigenvalue weighted by molar-refractivity contribution is 6.03. The van der Waals surface area contributed by atoms with Crippen LogP contribution in [0.5, 0.6) is 11.5 Å². The Balaban J connectivity index is 1.28. The Morgan fingerprint density at radius 2 is 1.77 bits per heavy atom. The second kappa shape index (κ2) is 10.9. The van der Waals surface area contributed by atoms with Crippen LogP contribution in [-0.4, -0.2) is 55.9 Å². The fraction of sp³-hybridized carbons (Fsp3) is 0.179. The first-order chi connectivity index (χ1) is 19.2. The molecule has 0 saturated carbocycles. The Kier molecular flexibility index (Phi) is 7.25. The number of rotatable bonds is 6. The summed E-state index contributed by atoms with van der Waals surface area (Å²) < 4.78 is 21.6. The number of nitrogens with one attached hydrogen (secondary N) is 2. The Morgan fingerprint density at radius 1 is 1.02 bits per heavy atom. The molecule has 12 heteroatoms. The van der Waals surface area contributed by atoms with Crippen molar-refractivity contribution in [2.75, 3.05) is 23.7 Å². The van der Waals surface area contributed by atoms with Crippen LogP contribution < -0.4 is 20.9 Å². The van der Waals surface area contributed by atoms with Crippen LogP contribution in [0.1, 0.15) is 21.6 Å². The van der Waals surface area contributed by atoms with E-state index < -0.39 is 23.9 Å². The number of urea groups is 1. The van der Waals surface area contributed by atoms with E-state index >= 15 is 0 Å². The highest BCUT2D eigenvalue weighted by Crippen LogP contribution is 2.28. The summed E-state index contributed by atoms with van der Waals surface area (Å²) in [6, 6.07) is 14.8. The summed E-state index contributed by atoms with van der Waals surface area (Å²) >= 11 is 0. The number of anilines is 2. The van der Waals surface area contributed by atoms with Crippen LogP contribution in [0.2, 0.25) is 0 Å². The van der Waals surface area contributed by atoms with Gasteiger partial charge in [0.25, 0.3) is 11.5 Å². The number of ether oxygens (including phenoxy) is 1. The van der Waals surface area contributed by atoms with E-state index in [1.165, 1.54) is 41.4 Å². The molecule has 4 aromatic rings. The summed E-state index contributed by atoms with van der Waals surface area (Å²) in [4.78, 5) is 43.1.